The van der Waals surface area contributed by atoms with Crippen LogP contribution in [0.4, 0.5) is 0 Å². The Bertz CT molecular complexity index is 255. The fourth-order valence-corrected chi connectivity index (χ4v) is 3.31. The molecule has 16 heavy (non-hydrogen) atoms. The molecule has 1 amide bonds. The average Bonchev–Trinajstić information content (AvgIpc) is 2.53. The summed E-state index contributed by atoms with van der Waals surface area (Å²) < 4.78 is 0. The maximum Gasteiger partial charge on any atom is 0.320 e. The minimum Gasteiger partial charge on any atom is -0.480 e. The van der Waals surface area contributed by atoms with Gasteiger partial charge in [0, 0.05) is 31.0 Å². The van der Waals surface area contributed by atoms with Crippen molar-refractivity contribution in [3.05, 3.63) is 0 Å². The lowest BCUT2D eigenvalue weighted by Gasteiger charge is -2.19. The molecule has 1 saturated heterocycles. The molecule has 1 rings (SSSR count). The molecular formula is C9H16N2O3S2. The number of rotatable bonds is 4. The van der Waals surface area contributed by atoms with Crippen LogP contribution in [0, 0.1) is 0 Å². The molecule has 0 radical (unpaired) electrons. The van der Waals surface area contributed by atoms with Crippen LogP contribution in [0.25, 0.3) is 0 Å². The van der Waals surface area contributed by atoms with Gasteiger partial charge in [-0.15, -0.1) is 0 Å². The highest BCUT2D eigenvalue weighted by Gasteiger charge is 2.18. The van der Waals surface area contributed by atoms with Crippen molar-refractivity contribution in [1.29, 1.82) is 0 Å². The zero-order chi connectivity index (χ0) is 12.0. The lowest BCUT2D eigenvalue weighted by Crippen LogP contribution is -2.36. The minimum atomic E-state index is -1.05. The summed E-state index contributed by atoms with van der Waals surface area (Å²) in [6.07, 6.45) is 0.438. The molecule has 0 unspecified atom stereocenters. The van der Waals surface area contributed by atoms with E-state index in [2.05, 4.69) is 0 Å². The van der Waals surface area contributed by atoms with Crippen molar-refractivity contribution in [2.24, 2.45) is 5.73 Å². The molecule has 0 bridgehead atoms. The van der Waals surface area contributed by atoms with Gasteiger partial charge in [0.2, 0.25) is 5.91 Å². The molecule has 3 N–H and O–H groups in total. The zero-order valence-corrected chi connectivity index (χ0v) is 10.6. The number of amides is 1. The standard InChI is InChI=1S/C9H16N2O3S2/c10-7(9(13)14)1-2-8(12)11-3-5-15-16-6-4-11/h7H,1-6,10H2,(H,13,14)/t7-/m0/s1. The Morgan fingerprint density at radius 2 is 1.88 bits per heavy atom. The Balaban J connectivity index is 2.30. The molecule has 0 aromatic heterocycles. The highest BCUT2D eigenvalue weighted by molar-refractivity contribution is 8.76. The van der Waals surface area contributed by atoms with E-state index in [0.29, 0.717) is 0 Å². The van der Waals surface area contributed by atoms with Crippen molar-refractivity contribution in [2.75, 3.05) is 24.6 Å². The smallest absolute Gasteiger partial charge is 0.320 e. The number of carbonyl (C=O) groups is 2. The van der Waals surface area contributed by atoms with Crippen LogP contribution in [0.1, 0.15) is 12.8 Å². The van der Waals surface area contributed by atoms with E-state index < -0.39 is 12.0 Å². The van der Waals surface area contributed by atoms with Crippen molar-refractivity contribution in [2.45, 2.75) is 18.9 Å². The minimum absolute atomic E-state index is 0.0137. The molecule has 1 aliphatic rings. The van der Waals surface area contributed by atoms with E-state index in [9.17, 15) is 9.59 Å². The zero-order valence-electron chi connectivity index (χ0n) is 8.92. The van der Waals surface area contributed by atoms with E-state index in [0.717, 1.165) is 24.6 Å². The second-order valence-electron chi connectivity index (χ2n) is 3.51. The van der Waals surface area contributed by atoms with Gasteiger partial charge in [0.25, 0.3) is 0 Å². The molecule has 1 aliphatic heterocycles. The van der Waals surface area contributed by atoms with Crippen molar-refractivity contribution in [1.82, 2.24) is 4.90 Å². The Morgan fingerprint density at radius 1 is 1.31 bits per heavy atom. The van der Waals surface area contributed by atoms with Gasteiger partial charge in [-0.1, -0.05) is 21.6 Å². The topological polar surface area (TPSA) is 83.6 Å². The maximum atomic E-state index is 11.7. The van der Waals surface area contributed by atoms with Crippen LogP contribution in [-0.4, -0.2) is 52.5 Å². The molecule has 0 aliphatic carbocycles. The number of carboxylic acids is 1. The lowest BCUT2D eigenvalue weighted by molar-refractivity contribution is -0.139. The maximum absolute atomic E-state index is 11.7. The molecule has 92 valence electrons. The number of hydrogen-bond acceptors (Lipinski definition) is 5. The van der Waals surface area contributed by atoms with Gasteiger partial charge < -0.3 is 15.7 Å². The fourth-order valence-electron chi connectivity index (χ4n) is 1.33. The van der Waals surface area contributed by atoms with Crippen LogP contribution in [0.15, 0.2) is 0 Å². The van der Waals surface area contributed by atoms with Gasteiger partial charge in [-0.2, -0.15) is 0 Å². The van der Waals surface area contributed by atoms with E-state index in [1.54, 1.807) is 26.5 Å². The Morgan fingerprint density at radius 3 is 2.38 bits per heavy atom. The molecule has 7 heteroatoms. The predicted molar refractivity (Wildman–Crippen MR) is 66.3 cm³/mol. The van der Waals surface area contributed by atoms with E-state index in [1.165, 1.54) is 0 Å². The molecule has 0 aromatic carbocycles. The third kappa shape index (κ3) is 4.63. The van der Waals surface area contributed by atoms with E-state index >= 15 is 0 Å². The van der Waals surface area contributed by atoms with E-state index in [1.807, 2.05) is 0 Å². The fraction of sp³-hybridized carbons (Fsp3) is 0.778. The first kappa shape index (κ1) is 13.7. The predicted octanol–water partition coefficient (Wildman–Crippen LogP) is 0.402. The number of hydrogen-bond donors (Lipinski definition) is 2. The van der Waals surface area contributed by atoms with Crippen molar-refractivity contribution in [3.8, 4) is 0 Å². The van der Waals surface area contributed by atoms with E-state index in [4.69, 9.17) is 10.8 Å². The molecular weight excluding hydrogens is 248 g/mol. The summed E-state index contributed by atoms with van der Waals surface area (Å²) >= 11 is 0. The first-order valence-electron chi connectivity index (χ1n) is 5.12. The molecule has 0 spiro atoms. The molecule has 1 heterocycles. The van der Waals surface area contributed by atoms with Gasteiger partial charge in [0.05, 0.1) is 0 Å². The van der Waals surface area contributed by atoms with Crippen LogP contribution in [0.2, 0.25) is 0 Å². The number of nitrogens with zero attached hydrogens (tertiary/aromatic N) is 1. The summed E-state index contributed by atoms with van der Waals surface area (Å²) in [5.74, 6) is 0.831. The number of carbonyl (C=O) groups excluding carboxylic acids is 1. The summed E-state index contributed by atoms with van der Waals surface area (Å²) in [4.78, 5) is 24.0. The summed E-state index contributed by atoms with van der Waals surface area (Å²) in [6.45, 7) is 1.50. The quantitative estimate of drug-likeness (QED) is 0.715. The molecule has 0 aromatic rings. The van der Waals surface area contributed by atoms with Gasteiger partial charge in [-0.25, -0.2) is 0 Å². The highest BCUT2D eigenvalue weighted by atomic mass is 33.1. The van der Waals surface area contributed by atoms with Crippen molar-refractivity contribution in [3.63, 3.8) is 0 Å². The second kappa shape index (κ2) is 7.03. The molecule has 1 fully saturated rings. The summed E-state index contributed by atoms with van der Waals surface area (Å²) in [7, 11) is 3.54. The number of nitrogens with two attached hydrogens (primary N) is 1. The van der Waals surface area contributed by atoms with Gasteiger partial charge in [0.1, 0.15) is 6.04 Å². The van der Waals surface area contributed by atoms with Gasteiger partial charge in [-0.3, -0.25) is 9.59 Å². The monoisotopic (exact) mass is 264 g/mol. The van der Waals surface area contributed by atoms with Crippen LogP contribution in [-0.2, 0) is 9.59 Å². The number of carboxylic acid groups (broad SMARTS) is 1. The van der Waals surface area contributed by atoms with Crippen molar-refractivity contribution < 1.29 is 14.7 Å². The molecule has 0 saturated carbocycles. The van der Waals surface area contributed by atoms with Crippen LogP contribution >= 0.6 is 21.6 Å². The van der Waals surface area contributed by atoms with Gasteiger partial charge in [0.15, 0.2) is 0 Å². The highest BCUT2D eigenvalue weighted by Crippen LogP contribution is 2.24. The molecule has 1 atom stereocenters. The average molecular weight is 264 g/mol. The third-order valence-electron chi connectivity index (χ3n) is 2.31. The Labute approximate surface area is 103 Å². The van der Waals surface area contributed by atoms with Crippen LogP contribution < -0.4 is 5.73 Å². The Hall–Kier alpha value is -0.400. The summed E-state index contributed by atoms with van der Waals surface area (Å²) in [5.41, 5.74) is 5.35. The van der Waals surface area contributed by atoms with Gasteiger partial charge in [-0.05, 0) is 6.42 Å². The normalized spacial score (nSPS) is 18.9. The Kier molecular flexibility index (Phi) is 6.00. The van der Waals surface area contributed by atoms with E-state index in [-0.39, 0.29) is 18.7 Å². The largest absolute Gasteiger partial charge is 0.480 e. The summed E-state index contributed by atoms with van der Waals surface area (Å²) in [5, 5.41) is 8.59. The second-order valence-corrected chi connectivity index (χ2v) is 6.21. The SMILES string of the molecule is N[C@@H](CCC(=O)N1CCSSCC1)C(=O)O. The first-order chi connectivity index (χ1) is 7.61. The van der Waals surface area contributed by atoms with Crippen LogP contribution in [0.5, 0.6) is 0 Å². The third-order valence-corrected chi connectivity index (χ3v) is 4.68. The van der Waals surface area contributed by atoms with Crippen LogP contribution in [0.3, 0.4) is 0 Å². The summed E-state index contributed by atoms with van der Waals surface area (Å²) in [6, 6.07) is -0.931. The molecule has 5 nitrogen and oxygen atoms in total. The van der Waals surface area contributed by atoms with Gasteiger partial charge >= 0.3 is 5.97 Å². The van der Waals surface area contributed by atoms with Crippen molar-refractivity contribution >= 4 is 33.5 Å². The first-order valence-corrected chi connectivity index (χ1v) is 7.60. The number of aliphatic carboxylic acids is 1. The lowest BCUT2D eigenvalue weighted by atomic mass is 10.1.